The molecule has 0 aromatic rings. The van der Waals surface area contributed by atoms with E-state index in [0.717, 1.165) is 0 Å². The first kappa shape index (κ1) is 18.2. The Bertz CT molecular complexity index is 208. The molecular weight excluding hydrogens is 234 g/mol. The van der Waals surface area contributed by atoms with Crippen molar-refractivity contribution in [3.05, 3.63) is 0 Å². The average Bonchev–Trinajstić information content (AvgIpc) is 1.97. The maximum absolute atomic E-state index is 9.43. The van der Waals surface area contributed by atoms with Gasteiger partial charge >= 0.3 is 11.9 Å². The number of aliphatic hydroxyl groups is 3. The SMILES string of the molecule is CC(O)N(C(C)O)C(C)O.O=C(O)CC(=O)O. The summed E-state index contributed by atoms with van der Waals surface area (Å²) in [5.41, 5.74) is 0. The summed E-state index contributed by atoms with van der Waals surface area (Å²) in [5, 5.41) is 42.3. The second kappa shape index (κ2) is 8.88. The van der Waals surface area contributed by atoms with Crippen molar-refractivity contribution in [2.45, 2.75) is 45.9 Å². The Morgan fingerprint density at radius 2 is 1.12 bits per heavy atom. The molecule has 0 aromatic carbocycles. The molecule has 8 nitrogen and oxygen atoms in total. The summed E-state index contributed by atoms with van der Waals surface area (Å²) in [6.45, 7) is 4.46. The molecule has 0 saturated heterocycles. The van der Waals surface area contributed by atoms with Gasteiger partial charge in [0.15, 0.2) is 0 Å². The lowest BCUT2D eigenvalue weighted by molar-refractivity contribution is -0.159. The fourth-order valence-corrected chi connectivity index (χ4v) is 1.07. The summed E-state index contributed by atoms with van der Waals surface area (Å²) in [6, 6.07) is 0. The smallest absolute Gasteiger partial charge is 0.314 e. The van der Waals surface area contributed by atoms with Gasteiger partial charge in [0.2, 0.25) is 0 Å². The summed E-state index contributed by atoms with van der Waals surface area (Å²) < 4.78 is 0. The van der Waals surface area contributed by atoms with Crippen molar-refractivity contribution >= 4 is 11.9 Å². The summed E-state index contributed by atoms with van der Waals surface area (Å²) >= 11 is 0. The molecule has 0 aliphatic carbocycles. The van der Waals surface area contributed by atoms with Gasteiger partial charge in [0.05, 0.1) is 0 Å². The zero-order chi connectivity index (χ0) is 14.2. The summed E-state index contributed by atoms with van der Waals surface area (Å²) in [6.07, 6.45) is -3.31. The number of nitrogens with zero attached hydrogens (tertiary/aromatic N) is 1. The van der Waals surface area contributed by atoms with Gasteiger partial charge in [-0.05, 0) is 20.8 Å². The highest BCUT2D eigenvalue weighted by molar-refractivity contribution is 5.88. The molecule has 102 valence electrons. The Balaban J connectivity index is 0. The molecule has 0 bridgehead atoms. The van der Waals surface area contributed by atoms with E-state index in [4.69, 9.17) is 25.5 Å². The van der Waals surface area contributed by atoms with Crippen LogP contribution in [-0.4, -0.2) is 61.1 Å². The number of hydrogen-bond donors (Lipinski definition) is 5. The minimum absolute atomic E-state index is 0.806. The molecule has 0 spiro atoms. The van der Waals surface area contributed by atoms with E-state index in [2.05, 4.69) is 0 Å². The van der Waals surface area contributed by atoms with E-state index in [0.29, 0.717) is 0 Å². The van der Waals surface area contributed by atoms with E-state index in [1.165, 1.54) is 25.7 Å². The highest BCUT2D eigenvalue weighted by Gasteiger charge is 2.20. The molecule has 0 heterocycles. The van der Waals surface area contributed by atoms with Crippen molar-refractivity contribution in [3.8, 4) is 0 Å². The summed E-state index contributed by atoms with van der Waals surface area (Å²) in [7, 11) is 0. The first-order valence-corrected chi connectivity index (χ1v) is 4.84. The van der Waals surface area contributed by atoms with Gasteiger partial charge in [-0.1, -0.05) is 0 Å². The predicted molar refractivity (Wildman–Crippen MR) is 56.8 cm³/mol. The van der Waals surface area contributed by atoms with Gasteiger partial charge in [0.1, 0.15) is 25.1 Å². The van der Waals surface area contributed by atoms with Gasteiger partial charge in [-0.2, -0.15) is 0 Å². The van der Waals surface area contributed by atoms with Gasteiger partial charge in [0.25, 0.3) is 0 Å². The quantitative estimate of drug-likeness (QED) is 0.306. The normalized spacial score (nSPS) is 15.5. The second-order valence-corrected chi connectivity index (χ2v) is 3.31. The van der Waals surface area contributed by atoms with Crippen LogP contribution in [0.4, 0.5) is 0 Å². The lowest BCUT2D eigenvalue weighted by atomic mass is 10.4. The van der Waals surface area contributed by atoms with Crippen molar-refractivity contribution in [2.75, 3.05) is 0 Å². The number of hydrogen-bond acceptors (Lipinski definition) is 6. The fraction of sp³-hybridized carbons (Fsp3) is 0.778. The molecule has 17 heavy (non-hydrogen) atoms. The number of carbonyl (C=O) groups is 2. The Morgan fingerprint density at radius 1 is 0.882 bits per heavy atom. The van der Waals surface area contributed by atoms with Crippen LogP contribution in [0.15, 0.2) is 0 Å². The first-order valence-electron chi connectivity index (χ1n) is 4.84. The molecule has 0 saturated carbocycles. The molecule has 8 heteroatoms. The highest BCUT2D eigenvalue weighted by atomic mass is 16.4. The standard InChI is InChI=1S/C6H15NO3.C3H4O4/c1-4(8)7(5(2)9)6(3)10;4-2(5)1-3(6)7/h4-6,8-10H,1-3H3;1H2,(H,4,5)(H,6,7). The molecule has 5 N–H and O–H groups in total. The maximum Gasteiger partial charge on any atom is 0.314 e. The largest absolute Gasteiger partial charge is 0.481 e. The van der Waals surface area contributed by atoms with Crippen LogP contribution in [0, 0.1) is 0 Å². The van der Waals surface area contributed by atoms with E-state index < -0.39 is 37.0 Å². The van der Waals surface area contributed by atoms with Crippen LogP contribution in [-0.2, 0) is 9.59 Å². The van der Waals surface area contributed by atoms with Crippen LogP contribution < -0.4 is 0 Å². The Hall–Kier alpha value is -1.22. The number of aliphatic carboxylic acids is 2. The monoisotopic (exact) mass is 253 g/mol. The number of carboxylic acid groups (broad SMARTS) is 2. The van der Waals surface area contributed by atoms with Crippen molar-refractivity contribution in [1.82, 2.24) is 4.90 Å². The van der Waals surface area contributed by atoms with E-state index in [9.17, 15) is 9.59 Å². The third-order valence-electron chi connectivity index (χ3n) is 1.60. The summed E-state index contributed by atoms with van der Waals surface area (Å²) in [4.78, 5) is 20.0. The number of aliphatic hydroxyl groups excluding tert-OH is 3. The molecule has 0 aliphatic rings. The molecular formula is C9H19NO7. The molecule has 0 aliphatic heterocycles. The Morgan fingerprint density at radius 3 is 1.12 bits per heavy atom. The van der Waals surface area contributed by atoms with Crippen LogP contribution in [0.25, 0.3) is 0 Å². The van der Waals surface area contributed by atoms with Gasteiger partial charge in [-0.3, -0.25) is 9.59 Å². The van der Waals surface area contributed by atoms with Crippen LogP contribution in [0.5, 0.6) is 0 Å². The summed E-state index contributed by atoms with van der Waals surface area (Å²) in [5.74, 6) is -2.62. The number of carboxylic acids is 2. The van der Waals surface area contributed by atoms with Crippen molar-refractivity contribution in [2.24, 2.45) is 0 Å². The van der Waals surface area contributed by atoms with Crippen LogP contribution in [0.1, 0.15) is 27.2 Å². The molecule has 3 unspecified atom stereocenters. The molecule has 0 rings (SSSR count). The van der Waals surface area contributed by atoms with Gasteiger partial charge in [-0.15, -0.1) is 0 Å². The van der Waals surface area contributed by atoms with Gasteiger partial charge < -0.3 is 25.5 Å². The van der Waals surface area contributed by atoms with E-state index in [-0.39, 0.29) is 0 Å². The van der Waals surface area contributed by atoms with E-state index in [1.807, 2.05) is 0 Å². The Labute approximate surface area is 98.7 Å². The van der Waals surface area contributed by atoms with E-state index in [1.54, 1.807) is 0 Å². The zero-order valence-corrected chi connectivity index (χ0v) is 9.94. The van der Waals surface area contributed by atoms with Crippen LogP contribution in [0.2, 0.25) is 0 Å². The number of rotatable bonds is 5. The molecule has 3 atom stereocenters. The molecule has 0 radical (unpaired) electrons. The lowest BCUT2D eigenvalue weighted by Crippen LogP contribution is -2.45. The maximum atomic E-state index is 9.43. The molecule has 0 fully saturated rings. The van der Waals surface area contributed by atoms with Crippen LogP contribution >= 0.6 is 0 Å². The molecule has 0 aromatic heterocycles. The Kier molecular flexibility index (Phi) is 9.48. The highest BCUT2D eigenvalue weighted by Crippen LogP contribution is 2.04. The van der Waals surface area contributed by atoms with Gasteiger partial charge in [-0.25, -0.2) is 4.90 Å². The van der Waals surface area contributed by atoms with Gasteiger partial charge in [0, 0.05) is 0 Å². The lowest BCUT2D eigenvalue weighted by Gasteiger charge is -2.30. The first-order chi connectivity index (χ1) is 7.59. The van der Waals surface area contributed by atoms with Crippen LogP contribution in [0.3, 0.4) is 0 Å². The zero-order valence-electron chi connectivity index (χ0n) is 9.94. The van der Waals surface area contributed by atoms with Crippen molar-refractivity contribution in [3.63, 3.8) is 0 Å². The van der Waals surface area contributed by atoms with Crippen molar-refractivity contribution in [1.29, 1.82) is 0 Å². The topological polar surface area (TPSA) is 139 Å². The average molecular weight is 253 g/mol. The second-order valence-electron chi connectivity index (χ2n) is 3.31. The minimum atomic E-state index is -1.31. The predicted octanol–water partition coefficient (Wildman–Crippen LogP) is -1.15. The third kappa shape index (κ3) is 11.1. The fourth-order valence-electron chi connectivity index (χ4n) is 1.07. The molecule has 0 amide bonds. The van der Waals surface area contributed by atoms with E-state index >= 15 is 0 Å². The van der Waals surface area contributed by atoms with Crippen molar-refractivity contribution < 1.29 is 35.1 Å². The minimum Gasteiger partial charge on any atom is -0.481 e. The third-order valence-corrected chi connectivity index (χ3v) is 1.60.